The molecule has 80 heavy (non-hydrogen) atoms. The lowest BCUT2D eigenvalue weighted by atomic mass is 9.95. The van der Waals surface area contributed by atoms with E-state index >= 15 is 0 Å². The van der Waals surface area contributed by atoms with Gasteiger partial charge in [-0.15, -0.1) is 0 Å². The fourth-order valence-corrected chi connectivity index (χ4v) is 11.1. The third-order valence-corrected chi connectivity index (χ3v) is 14.9. The molecule has 13 aromatic rings. The zero-order chi connectivity index (χ0) is 55.0. The van der Waals surface area contributed by atoms with E-state index in [2.05, 4.69) is 15.2 Å². The highest BCUT2D eigenvalue weighted by atomic mass is 19.4. The van der Waals surface area contributed by atoms with Crippen LogP contribution in [0, 0.1) is 25.2 Å². The number of para-hydroxylation sites is 2. The number of aromatic nitrogens is 5. The van der Waals surface area contributed by atoms with Crippen LogP contribution in [0.1, 0.15) is 27.8 Å². The molecule has 0 N–H and O–H groups in total. The Morgan fingerprint density at radius 3 is 1.44 bits per heavy atom. The van der Waals surface area contributed by atoms with Crippen molar-refractivity contribution in [3.8, 4) is 85.0 Å². The molecule has 0 bridgehead atoms. The predicted molar refractivity (Wildman–Crippen MR) is 305 cm³/mol. The van der Waals surface area contributed by atoms with Gasteiger partial charge in [0.05, 0.1) is 56.2 Å². The smallest absolute Gasteiger partial charge is 0.309 e. The Balaban J connectivity index is 1.09. The quantitative estimate of drug-likeness (QED) is 0.142. The molecule has 0 radical (unpaired) electrons. The molecule has 13 rings (SSSR count). The van der Waals surface area contributed by atoms with Gasteiger partial charge in [-0.1, -0.05) is 139 Å². The van der Waals surface area contributed by atoms with Gasteiger partial charge in [0, 0.05) is 49.4 Å². The van der Waals surface area contributed by atoms with Crippen molar-refractivity contribution < 1.29 is 26.3 Å². The molecule has 386 valence electrons. The summed E-state index contributed by atoms with van der Waals surface area (Å²) < 4.78 is 89.9. The summed E-state index contributed by atoms with van der Waals surface area (Å²) in [4.78, 5) is 15.2. The van der Waals surface area contributed by atoms with Crippen molar-refractivity contribution in [3.63, 3.8) is 0 Å². The monoisotopic (exact) mass is 1060 g/mol. The number of benzene rings is 10. The molecule has 0 fully saturated rings. The van der Waals surface area contributed by atoms with E-state index in [0.717, 1.165) is 66.4 Å². The molecule has 0 saturated heterocycles. The second-order valence-electron chi connectivity index (χ2n) is 19.9. The van der Waals surface area contributed by atoms with Gasteiger partial charge in [0.1, 0.15) is 0 Å². The zero-order valence-corrected chi connectivity index (χ0v) is 42.7. The van der Waals surface area contributed by atoms with E-state index in [0.29, 0.717) is 73.4 Å². The van der Waals surface area contributed by atoms with Gasteiger partial charge in [0.15, 0.2) is 17.5 Å². The summed E-state index contributed by atoms with van der Waals surface area (Å²) in [5.74, 6) is 1.33. The number of hydrogen-bond donors (Lipinski definition) is 0. The van der Waals surface area contributed by atoms with Crippen molar-refractivity contribution >= 4 is 43.6 Å². The third-order valence-electron chi connectivity index (χ3n) is 14.9. The average Bonchev–Trinajstić information content (AvgIpc) is 4.21. The van der Waals surface area contributed by atoms with Gasteiger partial charge in [-0.2, -0.15) is 31.6 Å². The lowest BCUT2D eigenvalue weighted by molar-refractivity contribution is -0.138. The number of alkyl halides is 6. The summed E-state index contributed by atoms with van der Waals surface area (Å²) >= 11 is 0. The SMILES string of the molecule is Cc1ccc(-c2ccc3c(c2)c2ccccc2n3-c2ccc(-c3nc(-c4ccccc4)nc(-c4ccccc4)n3)cc2-c2ccc(C#N)cc2-n2c3ccccc3c3cc(-c4ccc(C(F)(F)F)cc4C)ccc32)c(C(F)(F)F)c1. The van der Waals surface area contributed by atoms with Crippen LogP contribution in [0.2, 0.25) is 0 Å². The summed E-state index contributed by atoms with van der Waals surface area (Å²) in [5.41, 5.74) is 9.96. The second kappa shape index (κ2) is 19.1. The highest BCUT2D eigenvalue weighted by molar-refractivity contribution is 6.13. The minimum Gasteiger partial charge on any atom is -0.309 e. The number of nitriles is 1. The zero-order valence-electron chi connectivity index (χ0n) is 42.7. The first kappa shape index (κ1) is 49.5. The Bertz CT molecular complexity index is 4610. The lowest BCUT2D eigenvalue weighted by Crippen LogP contribution is -2.07. The molecular weight excluding hydrogens is 1010 g/mol. The first-order valence-electron chi connectivity index (χ1n) is 25.7. The summed E-state index contributed by atoms with van der Waals surface area (Å²) in [6, 6.07) is 68.5. The number of rotatable bonds is 8. The first-order chi connectivity index (χ1) is 38.7. The van der Waals surface area contributed by atoms with Crippen molar-refractivity contribution in [3.05, 3.63) is 246 Å². The first-order valence-corrected chi connectivity index (χ1v) is 25.7. The van der Waals surface area contributed by atoms with Gasteiger partial charge in [-0.25, -0.2) is 15.0 Å². The topological polar surface area (TPSA) is 72.3 Å². The van der Waals surface area contributed by atoms with Crippen LogP contribution in [0.4, 0.5) is 26.3 Å². The Morgan fingerprint density at radius 2 is 0.875 bits per heavy atom. The highest BCUT2D eigenvalue weighted by Gasteiger charge is 2.34. The van der Waals surface area contributed by atoms with Crippen molar-refractivity contribution in [2.24, 2.45) is 0 Å². The van der Waals surface area contributed by atoms with E-state index < -0.39 is 23.5 Å². The predicted octanol–water partition coefficient (Wildman–Crippen LogP) is 18.6. The molecule has 0 unspecified atom stereocenters. The van der Waals surface area contributed by atoms with E-state index in [-0.39, 0.29) is 5.56 Å². The summed E-state index contributed by atoms with van der Waals surface area (Å²) in [6.07, 6.45) is -9.08. The fourth-order valence-electron chi connectivity index (χ4n) is 11.1. The molecule has 10 aromatic carbocycles. The molecule has 12 heteroatoms. The molecule has 0 spiro atoms. The van der Waals surface area contributed by atoms with Crippen LogP contribution >= 0.6 is 0 Å². The molecule has 0 aliphatic heterocycles. The number of halogens is 6. The van der Waals surface area contributed by atoms with Crippen molar-refractivity contribution in [2.45, 2.75) is 26.2 Å². The van der Waals surface area contributed by atoms with Crippen LogP contribution in [0.25, 0.3) is 123 Å². The maximum atomic E-state index is 14.7. The Morgan fingerprint density at radius 1 is 0.375 bits per heavy atom. The maximum Gasteiger partial charge on any atom is 0.417 e. The van der Waals surface area contributed by atoms with Gasteiger partial charge >= 0.3 is 12.4 Å². The highest BCUT2D eigenvalue weighted by Crippen LogP contribution is 2.46. The van der Waals surface area contributed by atoms with E-state index in [1.54, 1.807) is 32.0 Å². The van der Waals surface area contributed by atoms with Crippen LogP contribution in [-0.4, -0.2) is 24.1 Å². The van der Waals surface area contributed by atoms with E-state index in [1.807, 2.05) is 170 Å². The molecule has 0 aliphatic carbocycles. The Hall–Kier alpha value is -10.1. The molecule has 0 amide bonds. The number of aryl methyl sites for hydroxylation is 2. The minimum atomic E-state index is -4.59. The summed E-state index contributed by atoms with van der Waals surface area (Å²) in [7, 11) is 0. The molecule has 0 saturated carbocycles. The van der Waals surface area contributed by atoms with Gasteiger partial charge in [-0.05, 0) is 127 Å². The molecule has 3 heterocycles. The standard InChI is InChI=1S/C68H42F6N6/c1-40-21-27-50(57(33-40)68(72,73)74)46-24-31-60-55(37-46)51-17-9-11-19-58(51)79(60)61-32-25-47(66-77-64(43-13-5-3-6-14-43)76-65(78-66)44-15-7-4-8-16-44)38-56(61)53-28-22-42(39-75)35-63(53)80-59-20-12-10-18-52(59)54-36-45(23-30-62(54)80)49-29-26-48(34-41(49)2)67(69,70)71/h3-38H,1-2H3. The van der Waals surface area contributed by atoms with Crippen LogP contribution in [0.3, 0.4) is 0 Å². The average molecular weight is 1060 g/mol. The normalized spacial score (nSPS) is 12.0. The fraction of sp³-hybridized carbons (Fsp3) is 0.0588. The number of hydrogen-bond acceptors (Lipinski definition) is 4. The van der Waals surface area contributed by atoms with Crippen LogP contribution in [-0.2, 0) is 12.4 Å². The van der Waals surface area contributed by atoms with Gasteiger partial charge < -0.3 is 9.13 Å². The van der Waals surface area contributed by atoms with Crippen LogP contribution in [0.5, 0.6) is 0 Å². The van der Waals surface area contributed by atoms with E-state index in [1.165, 1.54) is 24.3 Å². The summed E-state index contributed by atoms with van der Waals surface area (Å²) in [5, 5.41) is 13.9. The molecule has 0 atom stereocenters. The van der Waals surface area contributed by atoms with Crippen molar-refractivity contribution in [1.29, 1.82) is 5.26 Å². The number of fused-ring (bicyclic) bond motifs is 6. The Labute approximate surface area is 454 Å². The molecule has 3 aromatic heterocycles. The molecule has 0 aliphatic rings. The lowest BCUT2D eigenvalue weighted by Gasteiger charge is -2.20. The van der Waals surface area contributed by atoms with Crippen molar-refractivity contribution in [1.82, 2.24) is 24.1 Å². The second-order valence-corrected chi connectivity index (χ2v) is 19.9. The van der Waals surface area contributed by atoms with Crippen LogP contribution < -0.4 is 0 Å². The van der Waals surface area contributed by atoms with E-state index in [9.17, 15) is 31.6 Å². The maximum absolute atomic E-state index is 14.7. The minimum absolute atomic E-state index is 0.0731. The van der Waals surface area contributed by atoms with E-state index in [4.69, 9.17) is 15.0 Å². The largest absolute Gasteiger partial charge is 0.417 e. The Kier molecular flexibility index (Phi) is 11.8. The van der Waals surface area contributed by atoms with Gasteiger partial charge in [-0.3, -0.25) is 0 Å². The molecular formula is C68H42F6N6. The molecule has 6 nitrogen and oxygen atoms in total. The number of nitrogens with zero attached hydrogens (tertiary/aromatic N) is 6. The van der Waals surface area contributed by atoms with Crippen LogP contribution in [0.15, 0.2) is 218 Å². The van der Waals surface area contributed by atoms with Crippen molar-refractivity contribution in [2.75, 3.05) is 0 Å². The summed E-state index contributed by atoms with van der Waals surface area (Å²) in [6.45, 7) is 3.32. The third kappa shape index (κ3) is 8.60. The van der Waals surface area contributed by atoms with Gasteiger partial charge in [0.25, 0.3) is 0 Å². The van der Waals surface area contributed by atoms with Gasteiger partial charge in [0.2, 0.25) is 0 Å².